The molecule has 31 heavy (non-hydrogen) atoms. The molecule has 1 fully saturated rings. The van der Waals surface area contributed by atoms with E-state index in [0.29, 0.717) is 5.89 Å². The lowest BCUT2D eigenvalue weighted by Gasteiger charge is -2.46. The van der Waals surface area contributed by atoms with Crippen molar-refractivity contribution in [2.75, 3.05) is 0 Å². The van der Waals surface area contributed by atoms with E-state index in [1.807, 2.05) is 22.9 Å². The largest absolute Gasteiger partial charge is 0.346 e. The third kappa shape index (κ3) is 2.89. The number of H-pyrrole nitrogens is 2. The quantitative estimate of drug-likeness (QED) is 0.517. The Morgan fingerprint density at radius 1 is 1.32 bits per heavy atom. The molecule has 1 aliphatic rings. The smallest absolute Gasteiger partial charge is 0.326 e. The first kappa shape index (κ1) is 19.5. The summed E-state index contributed by atoms with van der Waals surface area (Å²) >= 11 is 0. The zero-order chi connectivity index (χ0) is 21.8. The molecule has 0 radical (unpaired) electrons. The van der Waals surface area contributed by atoms with E-state index in [-0.39, 0.29) is 34.8 Å². The van der Waals surface area contributed by atoms with Crippen LogP contribution in [0.15, 0.2) is 27.8 Å². The fourth-order valence-corrected chi connectivity index (χ4v) is 5.66. The SMILES string of the molecule is CCC1CC(C)(c2nc(C#N)no2)CC(CC)C1n1c(=O)[nH]c2cnc3[nH]ccc3c21. The highest BCUT2D eigenvalue weighted by Gasteiger charge is 2.47. The number of aromatic nitrogens is 6. The van der Waals surface area contributed by atoms with Gasteiger partial charge in [0.25, 0.3) is 5.82 Å². The van der Waals surface area contributed by atoms with E-state index >= 15 is 0 Å². The van der Waals surface area contributed by atoms with Gasteiger partial charge in [0.15, 0.2) is 0 Å². The zero-order valence-electron chi connectivity index (χ0n) is 17.8. The van der Waals surface area contributed by atoms with Crippen molar-refractivity contribution in [1.82, 2.24) is 29.7 Å². The summed E-state index contributed by atoms with van der Waals surface area (Å²) in [7, 11) is 0. The molecule has 1 saturated carbocycles. The number of nitrogens with one attached hydrogen (secondary N) is 2. The molecule has 0 saturated heterocycles. The molecule has 0 spiro atoms. The number of pyridine rings is 1. The van der Waals surface area contributed by atoms with E-state index in [1.165, 1.54) is 0 Å². The first-order valence-corrected chi connectivity index (χ1v) is 10.8. The lowest BCUT2D eigenvalue weighted by molar-refractivity contribution is 0.0724. The van der Waals surface area contributed by atoms with Crippen LogP contribution in [0.25, 0.3) is 22.1 Å². The Hall–Kier alpha value is -3.41. The molecule has 4 heterocycles. The standard InChI is InChI=1S/C22H25N7O2/c1-4-12-8-22(3,20-27-16(10-23)28-31-20)9-13(5-2)17(12)29-18-14-6-7-24-19(14)25-11-15(18)26-21(29)30/h6-7,11-13,17H,4-5,8-9H2,1-3H3,(H,24,25)(H,26,30). The van der Waals surface area contributed by atoms with Crippen LogP contribution in [0, 0.1) is 23.2 Å². The molecule has 0 aromatic carbocycles. The Balaban J connectivity index is 1.65. The lowest BCUT2D eigenvalue weighted by atomic mass is 9.62. The third-order valence-electron chi connectivity index (χ3n) is 7.04. The number of hydrogen-bond acceptors (Lipinski definition) is 6. The summed E-state index contributed by atoms with van der Waals surface area (Å²) in [5.41, 5.74) is 2.01. The van der Waals surface area contributed by atoms with Crippen molar-refractivity contribution < 1.29 is 4.52 Å². The first-order chi connectivity index (χ1) is 15.0. The maximum atomic E-state index is 13.2. The fraction of sp³-hybridized carbons (Fsp3) is 0.500. The first-order valence-electron chi connectivity index (χ1n) is 10.8. The highest BCUT2D eigenvalue weighted by Crippen LogP contribution is 2.51. The monoisotopic (exact) mass is 419 g/mol. The van der Waals surface area contributed by atoms with Crippen LogP contribution in [-0.2, 0) is 5.41 Å². The second kappa shape index (κ2) is 7.08. The number of aromatic amines is 2. The third-order valence-corrected chi connectivity index (χ3v) is 7.04. The number of imidazole rings is 1. The molecule has 4 aromatic heterocycles. The van der Waals surface area contributed by atoms with E-state index in [9.17, 15) is 4.79 Å². The molecule has 0 bridgehead atoms. The predicted molar refractivity (Wildman–Crippen MR) is 114 cm³/mol. The highest BCUT2D eigenvalue weighted by molar-refractivity contribution is 6.00. The Morgan fingerprint density at radius 3 is 2.71 bits per heavy atom. The van der Waals surface area contributed by atoms with Gasteiger partial charge in [0.05, 0.1) is 17.2 Å². The van der Waals surface area contributed by atoms with Crippen LogP contribution in [-0.4, -0.2) is 29.7 Å². The molecule has 2 atom stereocenters. The minimum Gasteiger partial charge on any atom is -0.346 e. The second-order valence-corrected chi connectivity index (χ2v) is 8.89. The Morgan fingerprint density at radius 2 is 2.06 bits per heavy atom. The van der Waals surface area contributed by atoms with Crippen molar-refractivity contribution in [1.29, 1.82) is 5.26 Å². The minimum atomic E-state index is -0.333. The van der Waals surface area contributed by atoms with Gasteiger partial charge in [-0.3, -0.25) is 4.57 Å². The number of fused-ring (bicyclic) bond motifs is 3. The predicted octanol–water partition coefficient (Wildman–Crippen LogP) is 3.81. The highest BCUT2D eigenvalue weighted by atomic mass is 16.5. The number of rotatable bonds is 4. The van der Waals surface area contributed by atoms with Gasteiger partial charge in [0.2, 0.25) is 5.89 Å². The van der Waals surface area contributed by atoms with Crippen LogP contribution in [0.3, 0.4) is 0 Å². The maximum absolute atomic E-state index is 13.2. The molecule has 4 aromatic rings. The van der Waals surface area contributed by atoms with Crippen LogP contribution >= 0.6 is 0 Å². The van der Waals surface area contributed by atoms with Gasteiger partial charge in [-0.2, -0.15) is 10.2 Å². The topological polar surface area (TPSA) is 129 Å². The van der Waals surface area contributed by atoms with Gasteiger partial charge in [-0.15, -0.1) is 0 Å². The van der Waals surface area contributed by atoms with Gasteiger partial charge >= 0.3 is 5.69 Å². The normalized spacial score (nSPS) is 26.5. The molecular weight excluding hydrogens is 394 g/mol. The number of nitrogens with zero attached hydrogens (tertiary/aromatic N) is 5. The Kier molecular flexibility index (Phi) is 4.46. The molecule has 0 amide bonds. The second-order valence-electron chi connectivity index (χ2n) is 8.89. The summed E-state index contributed by atoms with van der Waals surface area (Å²) in [5.74, 6) is 1.05. The van der Waals surface area contributed by atoms with E-state index in [0.717, 1.165) is 47.8 Å². The molecular formula is C22H25N7O2. The van der Waals surface area contributed by atoms with E-state index in [2.05, 4.69) is 45.9 Å². The van der Waals surface area contributed by atoms with Crippen molar-refractivity contribution in [2.24, 2.45) is 11.8 Å². The summed E-state index contributed by atoms with van der Waals surface area (Å²) in [4.78, 5) is 28.1. The summed E-state index contributed by atoms with van der Waals surface area (Å²) in [6.45, 7) is 6.46. The van der Waals surface area contributed by atoms with Gasteiger partial charge in [0.1, 0.15) is 11.7 Å². The van der Waals surface area contributed by atoms with Crippen LogP contribution in [0.1, 0.15) is 64.2 Å². The van der Waals surface area contributed by atoms with Crippen molar-refractivity contribution >= 4 is 22.1 Å². The maximum Gasteiger partial charge on any atom is 0.326 e. The molecule has 160 valence electrons. The molecule has 1 aliphatic carbocycles. The molecule has 2 N–H and O–H groups in total. The van der Waals surface area contributed by atoms with Gasteiger partial charge in [-0.1, -0.05) is 33.6 Å². The summed E-state index contributed by atoms with van der Waals surface area (Å²) < 4.78 is 7.44. The average Bonchev–Trinajstić information content (AvgIpc) is 3.50. The minimum absolute atomic E-state index is 0.0446. The van der Waals surface area contributed by atoms with E-state index < -0.39 is 0 Å². The van der Waals surface area contributed by atoms with Crippen LogP contribution in [0.4, 0.5) is 0 Å². The molecule has 2 unspecified atom stereocenters. The number of hydrogen-bond donors (Lipinski definition) is 2. The van der Waals surface area contributed by atoms with Crippen molar-refractivity contribution in [2.45, 2.75) is 57.9 Å². The Labute approximate surface area is 178 Å². The summed E-state index contributed by atoms with van der Waals surface area (Å²) in [5, 5.41) is 13.9. The molecule has 5 rings (SSSR count). The summed E-state index contributed by atoms with van der Waals surface area (Å²) in [6.07, 6.45) is 7.01. The summed E-state index contributed by atoms with van der Waals surface area (Å²) in [6, 6.07) is 3.97. The lowest BCUT2D eigenvalue weighted by Crippen LogP contribution is -2.44. The van der Waals surface area contributed by atoms with Crippen LogP contribution in [0.5, 0.6) is 0 Å². The van der Waals surface area contributed by atoms with Gasteiger partial charge in [-0.05, 0) is 35.9 Å². The zero-order valence-corrected chi connectivity index (χ0v) is 17.8. The van der Waals surface area contributed by atoms with Crippen molar-refractivity contribution in [3.05, 3.63) is 40.7 Å². The Bertz CT molecular complexity index is 1340. The van der Waals surface area contributed by atoms with Crippen molar-refractivity contribution in [3.8, 4) is 6.07 Å². The van der Waals surface area contributed by atoms with E-state index in [4.69, 9.17) is 9.78 Å². The van der Waals surface area contributed by atoms with Gasteiger partial charge in [-0.25, -0.2) is 9.78 Å². The molecule has 0 aliphatic heterocycles. The van der Waals surface area contributed by atoms with Crippen LogP contribution < -0.4 is 5.69 Å². The average molecular weight is 419 g/mol. The van der Waals surface area contributed by atoms with Gasteiger partial charge < -0.3 is 14.5 Å². The number of nitriles is 1. The molecule has 9 heteroatoms. The molecule has 9 nitrogen and oxygen atoms in total. The van der Waals surface area contributed by atoms with E-state index in [1.54, 1.807) is 6.20 Å². The fourth-order valence-electron chi connectivity index (χ4n) is 5.66. The van der Waals surface area contributed by atoms with Gasteiger partial charge in [0, 0.05) is 23.0 Å². The van der Waals surface area contributed by atoms with Crippen molar-refractivity contribution in [3.63, 3.8) is 0 Å². The van der Waals surface area contributed by atoms with Crippen LogP contribution in [0.2, 0.25) is 0 Å².